The summed E-state index contributed by atoms with van der Waals surface area (Å²) in [7, 11) is 1.27. The van der Waals surface area contributed by atoms with Gasteiger partial charge in [0.15, 0.2) is 0 Å². The largest absolute Gasteiger partial charge is 0.468 e. The second kappa shape index (κ2) is 7.80. The van der Waals surface area contributed by atoms with Crippen LogP contribution in [0.4, 0.5) is 13.2 Å². The van der Waals surface area contributed by atoms with Crippen molar-refractivity contribution in [2.45, 2.75) is 25.1 Å². The van der Waals surface area contributed by atoms with E-state index in [2.05, 4.69) is 10.1 Å². The molecule has 1 aliphatic rings. The number of aliphatic hydroxyl groups is 1. The lowest BCUT2D eigenvalue weighted by Crippen LogP contribution is -2.52. The average Bonchev–Trinajstić information content (AvgIpc) is 2.35. The molecule has 0 amide bonds. The number of carbonyl (C=O) groups excluding carboxylic acids is 1. The van der Waals surface area contributed by atoms with E-state index in [0.29, 0.717) is 25.9 Å². The molecule has 1 saturated heterocycles. The van der Waals surface area contributed by atoms with Crippen molar-refractivity contribution in [3.05, 3.63) is 0 Å². The van der Waals surface area contributed by atoms with Crippen LogP contribution >= 0.6 is 0 Å². The number of aliphatic hydroxyl groups excluding tert-OH is 1. The van der Waals surface area contributed by atoms with Crippen LogP contribution in [0.15, 0.2) is 0 Å². The maximum Gasteiger partial charge on any atom is 0.401 e. The standard InChI is InChI=1S/C12H21F3N2O3/c1-20-11(19)7-17-5-9(2-3-18)4-10(6-17)16-8-12(13,14)15/h9-10,16,18H,2-8H2,1H3. The molecule has 2 N–H and O–H groups in total. The van der Waals surface area contributed by atoms with Crippen LogP contribution in [-0.2, 0) is 9.53 Å². The number of ether oxygens (including phenoxy) is 1. The molecule has 0 saturated carbocycles. The predicted molar refractivity (Wildman–Crippen MR) is 66.1 cm³/mol. The predicted octanol–water partition coefficient (Wildman–Crippen LogP) is 0.384. The SMILES string of the molecule is COC(=O)CN1CC(CCO)CC(NCC(F)(F)F)C1. The smallest absolute Gasteiger partial charge is 0.401 e. The first-order valence-corrected chi connectivity index (χ1v) is 6.54. The summed E-state index contributed by atoms with van der Waals surface area (Å²) in [5.41, 5.74) is 0. The molecule has 1 aliphatic heterocycles. The Labute approximate surface area is 116 Å². The van der Waals surface area contributed by atoms with Gasteiger partial charge in [-0.2, -0.15) is 13.2 Å². The van der Waals surface area contributed by atoms with Crippen molar-refractivity contribution in [3.63, 3.8) is 0 Å². The fourth-order valence-corrected chi connectivity index (χ4v) is 2.48. The fraction of sp³-hybridized carbons (Fsp3) is 0.917. The van der Waals surface area contributed by atoms with E-state index in [4.69, 9.17) is 5.11 Å². The Morgan fingerprint density at radius 1 is 1.45 bits per heavy atom. The molecule has 0 aromatic rings. The Morgan fingerprint density at radius 2 is 2.15 bits per heavy atom. The molecule has 2 unspecified atom stereocenters. The van der Waals surface area contributed by atoms with Gasteiger partial charge in [0.2, 0.25) is 0 Å². The summed E-state index contributed by atoms with van der Waals surface area (Å²) in [6.45, 7) is -0.0477. The van der Waals surface area contributed by atoms with Crippen LogP contribution in [0.25, 0.3) is 0 Å². The summed E-state index contributed by atoms with van der Waals surface area (Å²) in [6.07, 6.45) is -3.17. The first-order chi connectivity index (χ1) is 9.34. The van der Waals surface area contributed by atoms with E-state index >= 15 is 0 Å². The third kappa shape index (κ3) is 6.53. The Bertz CT molecular complexity index is 313. The van der Waals surface area contributed by atoms with Crippen molar-refractivity contribution >= 4 is 5.97 Å². The zero-order chi connectivity index (χ0) is 15.2. The fourth-order valence-electron chi connectivity index (χ4n) is 2.48. The number of halogens is 3. The normalized spacial score (nSPS) is 24.6. The van der Waals surface area contributed by atoms with Gasteiger partial charge >= 0.3 is 12.1 Å². The zero-order valence-electron chi connectivity index (χ0n) is 11.4. The molecule has 0 bridgehead atoms. The number of alkyl halides is 3. The van der Waals surface area contributed by atoms with Crippen molar-refractivity contribution in [1.29, 1.82) is 0 Å². The molecule has 20 heavy (non-hydrogen) atoms. The van der Waals surface area contributed by atoms with Crippen molar-refractivity contribution in [3.8, 4) is 0 Å². The molecule has 8 heteroatoms. The number of rotatable bonds is 6. The number of hydrogen-bond acceptors (Lipinski definition) is 5. The average molecular weight is 298 g/mol. The van der Waals surface area contributed by atoms with Crippen LogP contribution in [0.5, 0.6) is 0 Å². The van der Waals surface area contributed by atoms with Crippen molar-refractivity contribution < 1.29 is 27.8 Å². The van der Waals surface area contributed by atoms with E-state index in [-0.39, 0.29) is 25.1 Å². The van der Waals surface area contributed by atoms with Gasteiger partial charge in [0.1, 0.15) is 0 Å². The van der Waals surface area contributed by atoms with Crippen molar-refractivity contribution in [2.24, 2.45) is 5.92 Å². The van der Waals surface area contributed by atoms with Gasteiger partial charge in [-0.1, -0.05) is 0 Å². The molecule has 1 rings (SSSR count). The number of esters is 1. The highest BCUT2D eigenvalue weighted by molar-refractivity contribution is 5.71. The van der Waals surface area contributed by atoms with Crippen molar-refractivity contribution in [2.75, 3.05) is 39.9 Å². The van der Waals surface area contributed by atoms with Crippen LogP contribution in [0.3, 0.4) is 0 Å². The first-order valence-electron chi connectivity index (χ1n) is 6.54. The number of carbonyl (C=O) groups is 1. The van der Waals surface area contributed by atoms with Gasteiger partial charge in [0.05, 0.1) is 20.2 Å². The summed E-state index contributed by atoms with van der Waals surface area (Å²) in [5.74, 6) is -0.339. The minimum absolute atomic E-state index is 0.0112. The Kier molecular flexibility index (Phi) is 6.70. The van der Waals surface area contributed by atoms with Crippen LogP contribution in [0.1, 0.15) is 12.8 Å². The third-order valence-electron chi connectivity index (χ3n) is 3.32. The van der Waals surface area contributed by atoms with Crippen molar-refractivity contribution in [1.82, 2.24) is 10.2 Å². The number of methoxy groups -OCH3 is 1. The molecule has 0 aliphatic carbocycles. The minimum Gasteiger partial charge on any atom is -0.468 e. The minimum atomic E-state index is -4.25. The second-order valence-corrected chi connectivity index (χ2v) is 5.08. The maximum absolute atomic E-state index is 12.2. The lowest BCUT2D eigenvalue weighted by atomic mass is 9.91. The van der Waals surface area contributed by atoms with E-state index < -0.39 is 18.7 Å². The molecule has 0 spiro atoms. The van der Waals surface area contributed by atoms with Crippen LogP contribution in [0.2, 0.25) is 0 Å². The van der Waals surface area contributed by atoms with Crippen LogP contribution in [-0.4, -0.2) is 68.1 Å². The summed E-state index contributed by atoms with van der Waals surface area (Å²) in [6, 6.07) is -0.341. The van der Waals surface area contributed by atoms with E-state index in [1.807, 2.05) is 0 Å². The molecule has 1 heterocycles. The highest BCUT2D eigenvalue weighted by atomic mass is 19.4. The molecule has 0 aromatic carbocycles. The lowest BCUT2D eigenvalue weighted by molar-refractivity contribution is -0.143. The monoisotopic (exact) mass is 298 g/mol. The lowest BCUT2D eigenvalue weighted by Gasteiger charge is -2.37. The number of piperidine rings is 1. The summed E-state index contributed by atoms with van der Waals surface area (Å²) < 4.78 is 41.2. The highest BCUT2D eigenvalue weighted by Crippen LogP contribution is 2.21. The Hall–Kier alpha value is -0.860. The van der Waals surface area contributed by atoms with E-state index in [9.17, 15) is 18.0 Å². The van der Waals surface area contributed by atoms with Crippen LogP contribution in [0, 0.1) is 5.92 Å². The van der Waals surface area contributed by atoms with Gasteiger partial charge in [-0.15, -0.1) is 0 Å². The number of nitrogens with zero attached hydrogens (tertiary/aromatic N) is 1. The van der Waals surface area contributed by atoms with E-state index in [1.165, 1.54) is 7.11 Å². The molecule has 0 aromatic heterocycles. The van der Waals surface area contributed by atoms with Gasteiger partial charge in [0, 0.05) is 25.7 Å². The molecular formula is C12H21F3N2O3. The molecule has 0 radical (unpaired) electrons. The molecule has 1 fully saturated rings. The number of hydrogen-bond donors (Lipinski definition) is 2. The maximum atomic E-state index is 12.2. The van der Waals surface area contributed by atoms with Gasteiger partial charge < -0.3 is 15.2 Å². The number of likely N-dealkylation sites (tertiary alicyclic amines) is 1. The molecule has 2 atom stereocenters. The second-order valence-electron chi connectivity index (χ2n) is 5.08. The number of nitrogens with one attached hydrogen (secondary N) is 1. The van der Waals surface area contributed by atoms with Gasteiger partial charge in [-0.05, 0) is 18.8 Å². The van der Waals surface area contributed by atoms with E-state index in [0.717, 1.165) is 0 Å². The summed E-state index contributed by atoms with van der Waals surface area (Å²) in [5, 5.41) is 11.4. The van der Waals surface area contributed by atoms with Gasteiger partial charge in [-0.3, -0.25) is 9.69 Å². The quantitative estimate of drug-likeness (QED) is 0.694. The molecular weight excluding hydrogens is 277 g/mol. The van der Waals surface area contributed by atoms with Crippen LogP contribution < -0.4 is 5.32 Å². The third-order valence-corrected chi connectivity index (χ3v) is 3.32. The van der Waals surface area contributed by atoms with Gasteiger partial charge in [-0.25, -0.2) is 0 Å². The van der Waals surface area contributed by atoms with E-state index in [1.54, 1.807) is 4.90 Å². The summed E-state index contributed by atoms with van der Waals surface area (Å²) in [4.78, 5) is 13.0. The Balaban J connectivity index is 2.53. The topological polar surface area (TPSA) is 61.8 Å². The zero-order valence-corrected chi connectivity index (χ0v) is 11.4. The Morgan fingerprint density at radius 3 is 2.70 bits per heavy atom. The molecule has 5 nitrogen and oxygen atoms in total. The summed E-state index contributed by atoms with van der Waals surface area (Å²) >= 11 is 0. The first kappa shape index (κ1) is 17.2. The molecule has 118 valence electrons. The van der Waals surface area contributed by atoms with Gasteiger partial charge in [0.25, 0.3) is 0 Å². The highest BCUT2D eigenvalue weighted by Gasteiger charge is 2.32.